The molecule has 0 aliphatic heterocycles. The summed E-state index contributed by atoms with van der Waals surface area (Å²) < 4.78 is 0. The molecule has 0 bridgehead atoms. The Morgan fingerprint density at radius 2 is 1.94 bits per heavy atom. The zero-order valence-electron chi connectivity index (χ0n) is 8.73. The molecule has 78 valence electrons. The third-order valence-corrected chi connectivity index (χ3v) is 2.31. The Bertz CT molecular complexity index is 474. The van der Waals surface area contributed by atoms with Crippen LogP contribution in [0, 0.1) is 12.1 Å². The topological polar surface area (TPSA) is 35.2 Å². The van der Waals surface area contributed by atoms with E-state index >= 15 is 0 Å². The molecule has 0 aliphatic rings. The summed E-state index contributed by atoms with van der Waals surface area (Å²) >= 11 is 0. The maximum absolute atomic E-state index is 5.05. The second-order valence-electron chi connectivity index (χ2n) is 3.33. The lowest BCUT2D eigenvalue weighted by atomic mass is 10.0. The van der Waals surface area contributed by atoms with Crippen LogP contribution >= 0.6 is 0 Å². The number of benzene rings is 1. The smallest absolute Gasteiger partial charge is 0.146 e. The average molecular weight is 209 g/mol. The molecule has 0 spiro atoms. The average Bonchev–Trinajstić information content (AvgIpc) is 2.39. The van der Waals surface area contributed by atoms with Crippen molar-refractivity contribution in [3.8, 4) is 5.75 Å². The van der Waals surface area contributed by atoms with Crippen LogP contribution in [0.1, 0.15) is 11.1 Å². The highest BCUT2D eigenvalue weighted by Gasteiger charge is 2.01. The summed E-state index contributed by atoms with van der Waals surface area (Å²) in [5.41, 5.74) is 2.85. The van der Waals surface area contributed by atoms with Crippen LogP contribution in [0.2, 0.25) is 0 Å². The molecule has 0 atom stereocenters. The first-order valence-corrected chi connectivity index (χ1v) is 4.86. The van der Waals surface area contributed by atoms with Crippen molar-refractivity contribution < 1.29 is 4.84 Å². The summed E-state index contributed by atoms with van der Waals surface area (Å²) in [5, 5.41) is 0. The number of nitrogens with two attached hydrogens (primary N) is 1. The second-order valence-corrected chi connectivity index (χ2v) is 3.33. The maximum atomic E-state index is 5.05. The van der Waals surface area contributed by atoms with Gasteiger partial charge in [0, 0.05) is 5.56 Å². The lowest BCUT2D eigenvalue weighted by Crippen LogP contribution is -2.01. The van der Waals surface area contributed by atoms with E-state index in [1.165, 1.54) is 0 Å². The lowest BCUT2D eigenvalue weighted by molar-refractivity contribution is 0.334. The van der Waals surface area contributed by atoms with E-state index in [-0.39, 0.29) is 0 Å². The van der Waals surface area contributed by atoms with E-state index in [2.05, 4.69) is 23.5 Å². The van der Waals surface area contributed by atoms with Gasteiger partial charge in [0.1, 0.15) is 5.75 Å². The zero-order valence-corrected chi connectivity index (χ0v) is 8.73. The first-order chi connectivity index (χ1) is 7.81. The van der Waals surface area contributed by atoms with Gasteiger partial charge < -0.3 is 4.84 Å². The molecule has 0 aliphatic carbocycles. The van der Waals surface area contributed by atoms with Gasteiger partial charge in [-0.1, -0.05) is 36.9 Å². The van der Waals surface area contributed by atoms with E-state index in [1.54, 1.807) is 12.1 Å². The van der Waals surface area contributed by atoms with Gasteiger partial charge in [-0.05, 0) is 35.4 Å². The van der Waals surface area contributed by atoms with Gasteiger partial charge in [-0.15, -0.1) is 0 Å². The van der Waals surface area contributed by atoms with Gasteiger partial charge in [0.15, 0.2) is 0 Å². The Morgan fingerprint density at radius 3 is 2.50 bits per heavy atom. The Kier molecular flexibility index (Phi) is 2.90. The van der Waals surface area contributed by atoms with Crippen molar-refractivity contribution in [1.82, 2.24) is 0 Å². The van der Waals surface area contributed by atoms with Crippen LogP contribution in [0.5, 0.6) is 5.75 Å². The number of hydrogen-bond donors (Lipinski definition) is 1. The van der Waals surface area contributed by atoms with E-state index in [0.717, 1.165) is 16.7 Å². The standard InChI is InChI=1S/C14H11NO/c1-11(12-5-3-2-4-6-12)13-7-9-14(16-15)10-8-13/h2-3,5,7-10H,1,15H2. The van der Waals surface area contributed by atoms with Crippen LogP contribution in [0.25, 0.3) is 5.57 Å². The monoisotopic (exact) mass is 209 g/mol. The van der Waals surface area contributed by atoms with Gasteiger partial charge in [0.25, 0.3) is 0 Å². The maximum Gasteiger partial charge on any atom is 0.146 e. The van der Waals surface area contributed by atoms with Crippen LogP contribution < -0.4 is 10.7 Å². The summed E-state index contributed by atoms with van der Waals surface area (Å²) in [7, 11) is 0. The van der Waals surface area contributed by atoms with Crippen molar-refractivity contribution in [2.24, 2.45) is 5.90 Å². The number of hydrogen-bond acceptors (Lipinski definition) is 2. The first kappa shape index (κ1) is 10.3. The molecule has 0 radical (unpaired) electrons. The lowest BCUT2D eigenvalue weighted by Gasteiger charge is -2.04. The van der Waals surface area contributed by atoms with Crippen LogP contribution in [0.4, 0.5) is 0 Å². The molecular weight excluding hydrogens is 198 g/mol. The molecule has 0 fully saturated rings. The van der Waals surface area contributed by atoms with Crippen molar-refractivity contribution >= 4 is 5.57 Å². The molecule has 2 rings (SSSR count). The second kappa shape index (κ2) is 4.52. The van der Waals surface area contributed by atoms with E-state index < -0.39 is 0 Å². The molecule has 0 amide bonds. The summed E-state index contributed by atoms with van der Waals surface area (Å²) in [6.45, 7) is 4.03. The molecule has 2 aromatic carbocycles. The number of rotatable bonds is 3. The Hall–Kier alpha value is -2.24. The van der Waals surface area contributed by atoms with Crippen LogP contribution in [-0.2, 0) is 0 Å². The normalized spacial score (nSPS) is 9.31. The molecule has 2 aromatic rings. The van der Waals surface area contributed by atoms with E-state index in [4.69, 9.17) is 5.90 Å². The van der Waals surface area contributed by atoms with Gasteiger partial charge in [0.2, 0.25) is 0 Å². The minimum Gasteiger partial charge on any atom is -0.412 e. The van der Waals surface area contributed by atoms with Crippen molar-refractivity contribution in [3.05, 3.63) is 72.3 Å². The zero-order chi connectivity index (χ0) is 11.4. The van der Waals surface area contributed by atoms with Crippen molar-refractivity contribution in [2.75, 3.05) is 0 Å². The highest BCUT2D eigenvalue weighted by atomic mass is 16.6. The third kappa shape index (κ3) is 2.05. The van der Waals surface area contributed by atoms with Gasteiger partial charge in [-0.25, -0.2) is 0 Å². The minimum absolute atomic E-state index is 0.625. The third-order valence-electron chi connectivity index (χ3n) is 2.31. The summed E-state index contributed by atoms with van der Waals surface area (Å²) in [4.78, 5) is 4.61. The highest BCUT2D eigenvalue weighted by molar-refractivity contribution is 5.77. The predicted molar refractivity (Wildman–Crippen MR) is 63.5 cm³/mol. The van der Waals surface area contributed by atoms with Gasteiger partial charge in [0.05, 0.1) is 0 Å². The quantitative estimate of drug-likeness (QED) is 0.788. The molecule has 2 N–H and O–H groups in total. The molecule has 16 heavy (non-hydrogen) atoms. The van der Waals surface area contributed by atoms with E-state index in [1.807, 2.05) is 30.3 Å². The summed E-state index contributed by atoms with van der Waals surface area (Å²) in [5.74, 6) is 5.68. The Labute approximate surface area is 94.9 Å². The summed E-state index contributed by atoms with van der Waals surface area (Å²) in [6.07, 6.45) is 0. The Morgan fingerprint density at radius 1 is 1.19 bits per heavy atom. The molecule has 2 heteroatoms. The molecule has 0 saturated carbocycles. The van der Waals surface area contributed by atoms with Crippen molar-refractivity contribution in [2.45, 2.75) is 0 Å². The fraction of sp³-hybridized carbons (Fsp3) is 0. The van der Waals surface area contributed by atoms with Crippen LogP contribution in [0.15, 0.2) is 49.0 Å². The molecule has 2 nitrogen and oxygen atoms in total. The van der Waals surface area contributed by atoms with Crippen LogP contribution in [0.3, 0.4) is 0 Å². The van der Waals surface area contributed by atoms with Crippen LogP contribution in [-0.4, -0.2) is 0 Å². The molecule has 0 aromatic heterocycles. The predicted octanol–water partition coefficient (Wildman–Crippen LogP) is 2.60. The fourth-order valence-corrected chi connectivity index (χ4v) is 1.42. The van der Waals surface area contributed by atoms with Gasteiger partial charge in [-0.2, -0.15) is 5.90 Å². The molecule has 0 unspecified atom stereocenters. The highest BCUT2D eigenvalue weighted by Crippen LogP contribution is 2.21. The van der Waals surface area contributed by atoms with E-state index in [9.17, 15) is 0 Å². The van der Waals surface area contributed by atoms with Crippen molar-refractivity contribution in [3.63, 3.8) is 0 Å². The SMILES string of the molecule is C=C(c1c#cccc1)c1ccc(ON)cc1. The molecule has 0 heterocycles. The van der Waals surface area contributed by atoms with Crippen molar-refractivity contribution in [1.29, 1.82) is 0 Å². The fourth-order valence-electron chi connectivity index (χ4n) is 1.42. The van der Waals surface area contributed by atoms with E-state index in [0.29, 0.717) is 5.75 Å². The molecule has 0 saturated heterocycles. The Balaban J connectivity index is 2.28. The first-order valence-electron chi connectivity index (χ1n) is 4.86. The minimum atomic E-state index is 0.625. The summed E-state index contributed by atoms with van der Waals surface area (Å²) in [6, 6.07) is 19.0. The van der Waals surface area contributed by atoms with Gasteiger partial charge >= 0.3 is 0 Å². The van der Waals surface area contributed by atoms with Gasteiger partial charge in [-0.3, -0.25) is 0 Å². The molecular formula is C14H11NO. The largest absolute Gasteiger partial charge is 0.412 e.